The standard InChI is InChI=1S/C19H18FN3O2/c1-13-4-2-3-5-17(13)23-18(24)11-10-16(22-23)19(25)21-12-14-6-8-15(20)9-7-14/h2-9H,10-12H2,1H3,(H,21,25). The SMILES string of the molecule is Cc1ccccc1N1N=C(C(=O)NCc2ccc(F)cc2)CCC1=O. The highest BCUT2D eigenvalue weighted by molar-refractivity contribution is 6.40. The van der Waals surface area contributed by atoms with Crippen molar-refractivity contribution in [3.05, 3.63) is 65.5 Å². The lowest BCUT2D eigenvalue weighted by atomic mass is 10.1. The fourth-order valence-corrected chi connectivity index (χ4v) is 2.59. The van der Waals surface area contributed by atoms with E-state index in [-0.39, 0.29) is 30.6 Å². The predicted octanol–water partition coefficient (Wildman–Crippen LogP) is 2.93. The Labute approximate surface area is 145 Å². The summed E-state index contributed by atoms with van der Waals surface area (Å²) >= 11 is 0. The van der Waals surface area contributed by atoms with Crippen molar-refractivity contribution >= 4 is 23.2 Å². The van der Waals surface area contributed by atoms with E-state index in [9.17, 15) is 14.0 Å². The number of hydrazone groups is 1. The number of anilines is 1. The zero-order valence-corrected chi connectivity index (χ0v) is 13.8. The molecule has 1 N–H and O–H groups in total. The third-order valence-corrected chi connectivity index (χ3v) is 4.00. The monoisotopic (exact) mass is 339 g/mol. The van der Waals surface area contributed by atoms with E-state index in [1.165, 1.54) is 17.1 Å². The molecular weight excluding hydrogens is 321 g/mol. The van der Waals surface area contributed by atoms with Gasteiger partial charge in [-0.05, 0) is 36.2 Å². The lowest BCUT2D eigenvalue weighted by Gasteiger charge is -2.24. The number of carbonyl (C=O) groups is 2. The Kier molecular flexibility index (Phi) is 4.88. The van der Waals surface area contributed by atoms with Gasteiger partial charge in [0.25, 0.3) is 5.91 Å². The summed E-state index contributed by atoms with van der Waals surface area (Å²) in [7, 11) is 0. The summed E-state index contributed by atoms with van der Waals surface area (Å²) in [5, 5.41) is 8.31. The normalized spacial score (nSPS) is 14.2. The molecule has 0 radical (unpaired) electrons. The molecule has 0 unspecified atom stereocenters. The fraction of sp³-hybridized carbons (Fsp3) is 0.211. The van der Waals surface area contributed by atoms with Crippen LogP contribution in [0.4, 0.5) is 10.1 Å². The fourth-order valence-electron chi connectivity index (χ4n) is 2.59. The molecule has 1 aliphatic heterocycles. The van der Waals surface area contributed by atoms with Gasteiger partial charge in [0.15, 0.2) is 0 Å². The molecule has 0 saturated heterocycles. The maximum absolute atomic E-state index is 12.9. The summed E-state index contributed by atoms with van der Waals surface area (Å²) in [6, 6.07) is 13.3. The molecule has 5 nitrogen and oxygen atoms in total. The minimum absolute atomic E-state index is 0.135. The van der Waals surface area contributed by atoms with Crippen LogP contribution in [0.15, 0.2) is 53.6 Å². The first-order chi connectivity index (χ1) is 12.0. The second-order valence-corrected chi connectivity index (χ2v) is 5.85. The quantitative estimate of drug-likeness (QED) is 0.931. The van der Waals surface area contributed by atoms with E-state index in [0.717, 1.165) is 11.1 Å². The number of benzene rings is 2. The van der Waals surface area contributed by atoms with Crippen molar-refractivity contribution in [1.29, 1.82) is 0 Å². The molecule has 2 amide bonds. The first-order valence-electron chi connectivity index (χ1n) is 8.03. The van der Waals surface area contributed by atoms with E-state index in [1.54, 1.807) is 18.2 Å². The van der Waals surface area contributed by atoms with Crippen LogP contribution in [-0.2, 0) is 16.1 Å². The second-order valence-electron chi connectivity index (χ2n) is 5.85. The molecular formula is C19H18FN3O2. The van der Waals surface area contributed by atoms with Crippen molar-refractivity contribution in [3.63, 3.8) is 0 Å². The molecule has 6 heteroatoms. The third kappa shape index (κ3) is 3.91. The molecule has 2 aromatic carbocycles. The van der Waals surface area contributed by atoms with Crippen LogP contribution in [0.25, 0.3) is 0 Å². The maximum atomic E-state index is 12.9. The average molecular weight is 339 g/mol. The van der Waals surface area contributed by atoms with E-state index in [0.29, 0.717) is 17.8 Å². The first kappa shape index (κ1) is 16.8. The molecule has 0 aromatic heterocycles. The number of hydrogen-bond acceptors (Lipinski definition) is 3. The number of carbonyl (C=O) groups excluding carboxylic acids is 2. The smallest absolute Gasteiger partial charge is 0.267 e. The van der Waals surface area contributed by atoms with E-state index in [4.69, 9.17) is 0 Å². The maximum Gasteiger partial charge on any atom is 0.267 e. The summed E-state index contributed by atoms with van der Waals surface area (Å²) < 4.78 is 12.9. The number of amides is 2. The lowest BCUT2D eigenvalue weighted by Crippen LogP contribution is -2.39. The van der Waals surface area contributed by atoms with Gasteiger partial charge >= 0.3 is 0 Å². The van der Waals surface area contributed by atoms with Crippen LogP contribution in [0.1, 0.15) is 24.0 Å². The molecule has 2 aromatic rings. The highest BCUT2D eigenvalue weighted by Crippen LogP contribution is 2.23. The van der Waals surface area contributed by atoms with Gasteiger partial charge in [-0.3, -0.25) is 9.59 Å². The summed E-state index contributed by atoms with van der Waals surface area (Å²) in [5.41, 5.74) is 2.69. The van der Waals surface area contributed by atoms with Crippen LogP contribution < -0.4 is 10.3 Å². The van der Waals surface area contributed by atoms with Crippen LogP contribution in [0.5, 0.6) is 0 Å². The Hall–Kier alpha value is -3.02. The van der Waals surface area contributed by atoms with Crippen LogP contribution in [-0.4, -0.2) is 17.5 Å². The summed E-state index contributed by atoms with van der Waals surface area (Å²) in [6.45, 7) is 2.16. The number of rotatable bonds is 4. The molecule has 0 aliphatic carbocycles. The molecule has 1 aliphatic rings. The molecule has 0 saturated carbocycles. The third-order valence-electron chi connectivity index (χ3n) is 4.00. The number of nitrogens with zero attached hydrogens (tertiary/aromatic N) is 2. The number of nitrogens with one attached hydrogen (secondary N) is 1. The van der Waals surface area contributed by atoms with Gasteiger partial charge in [0.1, 0.15) is 11.5 Å². The van der Waals surface area contributed by atoms with Crippen LogP contribution in [0.2, 0.25) is 0 Å². The van der Waals surface area contributed by atoms with Crippen molar-refractivity contribution in [3.8, 4) is 0 Å². The van der Waals surface area contributed by atoms with E-state index >= 15 is 0 Å². The van der Waals surface area contributed by atoms with Gasteiger partial charge < -0.3 is 5.32 Å². The van der Waals surface area contributed by atoms with Crippen molar-refractivity contribution in [2.45, 2.75) is 26.3 Å². The van der Waals surface area contributed by atoms with Gasteiger partial charge in [0.05, 0.1) is 5.69 Å². The van der Waals surface area contributed by atoms with E-state index < -0.39 is 0 Å². The van der Waals surface area contributed by atoms with Crippen molar-refractivity contribution in [2.24, 2.45) is 5.10 Å². The highest BCUT2D eigenvalue weighted by Gasteiger charge is 2.26. The number of hydrogen-bond donors (Lipinski definition) is 1. The Morgan fingerprint density at radius 2 is 1.88 bits per heavy atom. The van der Waals surface area contributed by atoms with Gasteiger partial charge in [-0.25, -0.2) is 9.40 Å². The molecule has 25 heavy (non-hydrogen) atoms. The predicted molar refractivity (Wildman–Crippen MR) is 93.6 cm³/mol. The van der Waals surface area contributed by atoms with E-state index in [1.807, 2.05) is 25.1 Å². The van der Waals surface area contributed by atoms with Gasteiger partial charge in [-0.15, -0.1) is 0 Å². The van der Waals surface area contributed by atoms with Gasteiger partial charge in [-0.1, -0.05) is 30.3 Å². The van der Waals surface area contributed by atoms with Gasteiger partial charge in [0.2, 0.25) is 5.91 Å². The molecule has 0 fully saturated rings. The summed E-state index contributed by atoms with van der Waals surface area (Å²) in [4.78, 5) is 24.5. The number of para-hydroxylation sites is 1. The molecule has 1 heterocycles. The zero-order valence-electron chi connectivity index (χ0n) is 13.8. The molecule has 3 rings (SSSR count). The first-order valence-corrected chi connectivity index (χ1v) is 8.03. The molecule has 0 atom stereocenters. The molecule has 0 spiro atoms. The average Bonchev–Trinajstić information content (AvgIpc) is 2.62. The molecule has 0 bridgehead atoms. The lowest BCUT2D eigenvalue weighted by molar-refractivity contribution is -0.119. The van der Waals surface area contributed by atoms with Crippen molar-refractivity contribution < 1.29 is 14.0 Å². The topological polar surface area (TPSA) is 61.8 Å². The minimum Gasteiger partial charge on any atom is -0.347 e. The van der Waals surface area contributed by atoms with Crippen molar-refractivity contribution in [2.75, 3.05) is 5.01 Å². The number of aryl methyl sites for hydroxylation is 1. The van der Waals surface area contributed by atoms with Crippen LogP contribution in [0, 0.1) is 12.7 Å². The largest absolute Gasteiger partial charge is 0.347 e. The van der Waals surface area contributed by atoms with E-state index in [2.05, 4.69) is 10.4 Å². The van der Waals surface area contributed by atoms with Gasteiger partial charge in [0, 0.05) is 19.4 Å². The Morgan fingerprint density at radius 3 is 2.60 bits per heavy atom. The Bertz CT molecular complexity index is 831. The highest BCUT2D eigenvalue weighted by atomic mass is 19.1. The van der Waals surface area contributed by atoms with Crippen LogP contribution in [0.3, 0.4) is 0 Å². The van der Waals surface area contributed by atoms with Crippen molar-refractivity contribution in [1.82, 2.24) is 5.32 Å². The van der Waals surface area contributed by atoms with Gasteiger partial charge in [-0.2, -0.15) is 5.10 Å². The van der Waals surface area contributed by atoms with Crippen LogP contribution >= 0.6 is 0 Å². The summed E-state index contributed by atoms with van der Waals surface area (Å²) in [6.07, 6.45) is 0.535. The Balaban J connectivity index is 1.73. The zero-order chi connectivity index (χ0) is 17.8. The Morgan fingerprint density at radius 1 is 1.16 bits per heavy atom. The second kappa shape index (κ2) is 7.25. The number of halogens is 1. The minimum atomic E-state index is -0.324. The summed E-state index contributed by atoms with van der Waals surface area (Å²) in [5.74, 6) is -0.779. The molecule has 128 valence electrons.